The molecule has 0 aromatic heterocycles. The van der Waals surface area contributed by atoms with E-state index >= 15 is 0 Å². The van der Waals surface area contributed by atoms with E-state index in [-0.39, 0.29) is 58.8 Å². The zero-order valence-electron chi connectivity index (χ0n) is 29.8. The molecular weight excluding hydrogens is 694 g/mol. The van der Waals surface area contributed by atoms with Gasteiger partial charge >= 0.3 is 0 Å². The lowest BCUT2D eigenvalue weighted by Crippen LogP contribution is -2.74. The van der Waals surface area contributed by atoms with Gasteiger partial charge in [-0.1, -0.05) is 51.1 Å². The van der Waals surface area contributed by atoms with Gasteiger partial charge in [0.05, 0.1) is 27.6 Å². The number of nitrogens with one attached hydrogen (secondary N) is 1. The summed E-state index contributed by atoms with van der Waals surface area (Å²) in [5.74, 6) is 5.81. The van der Waals surface area contributed by atoms with Crippen LogP contribution in [0.15, 0.2) is 54.6 Å². The number of benzene rings is 3. The largest absolute Gasteiger partial charge is 0.489 e. The van der Waals surface area contributed by atoms with Gasteiger partial charge < -0.3 is 25.0 Å². The van der Waals surface area contributed by atoms with Crippen molar-refractivity contribution in [2.24, 2.45) is 16.7 Å². The molecule has 3 aromatic rings. The van der Waals surface area contributed by atoms with Crippen molar-refractivity contribution < 1.29 is 29.0 Å². The summed E-state index contributed by atoms with van der Waals surface area (Å²) < 4.78 is 6.45. The molecule has 5 aliphatic rings. The van der Waals surface area contributed by atoms with Crippen LogP contribution in [0, 0.1) is 39.9 Å². The van der Waals surface area contributed by atoms with Gasteiger partial charge in [0.1, 0.15) is 30.2 Å². The summed E-state index contributed by atoms with van der Waals surface area (Å²) >= 11 is 6.27. The van der Waals surface area contributed by atoms with Crippen LogP contribution < -0.4 is 15.0 Å². The van der Waals surface area contributed by atoms with Crippen LogP contribution in [0.25, 0.3) is 0 Å². The molecule has 270 valence electrons. The smallest absolute Gasteiger partial charge is 0.262 e. The number of ether oxygens (including phenoxy) is 1. The number of carbonyl (C=O) groups excluding carboxylic acids is 4. The van der Waals surface area contributed by atoms with Crippen molar-refractivity contribution in [1.82, 2.24) is 15.1 Å². The van der Waals surface area contributed by atoms with E-state index in [1.807, 2.05) is 29.2 Å². The fourth-order valence-corrected chi connectivity index (χ4v) is 9.57. The minimum Gasteiger partial charge on any atom is -0.489 e. The summed E-state index contributed by atoms with van der Waals surface area (Å²) in [4.78, 5) is 57.6. The summed E-state index contributed by atoms with van der Waals surface area (Å²) in [7, 11) is 0. The third-order valence-corrected chi connectivity index (χ3v) is 11.8. The zero-order valence-corrected chi connectivity index (χ0v) is 30.5. The maximum Gasteiger partial charge on any atom is 0.262 e. The highest BCUT2D eigenvalue weighted by Crippen LogP contribution is 2.59. The van der Waals surface area contributed by atoms with E-state index in [4.69, 9.17) is 16.3 Å². The topological polar surface area (TPSA) is 143 Å². The molecule has 2 unspecified atom stereocenters. The van der Waals surface area contributed by atoms with E-state index in [0.717, 1.165) is 21.7 Å². The fourth-order valence-electron chi connectivity index (χ4n) is 9.36. The molecule has 4 heterocycles. The van der Waals surface area contributed by atoms with E-state index < -0.39 is 30.0 Å². The number of anilines is 1. The Morgan fingerprint density at radius 3 is 2.30 bits per heavy atom. The Balaban J connectivity index is 0.905. The summed E-state index contributed by atoms with van der Waals surface area (Å²) in [6.07, 6.45) is -0.696. The Bertz CT molecular complexity index is 2210. The number of halogens is 1. The molecule has 0 radical (unpaired) electrons. The van der Waals surface area contributed by atoms with Crippen molar-refractivity contribution in [1.29, 1.82) is 5.26 Å². The van der Waals surface area contributed by atoms with Crippen molar-refractivity contribution in [2.45, 2.75) is 71.5 Å². The van der Waals surface area contributed by atoms with Crippen LogP contribution in [-0.4, -0.2) is 76.0 Å². The van der Waals surface area contributed by atoms with E-state index in [1.54, 1.807) is 30.3 Å². The summed E-state index contributed by atoms with van der Waals surface area (Å²) in [6.45, 7) is 10.3. The molecule has 11 nitrogen and oxygen atoms in total. The lowest BCUT2D eigenvalue weighted by molar-refractivity contribution is -0.199. The van der Waals surface area contributed by atoms with E-state index in [2.05, 4.69) is 55.8 Å². The maximum atomic E-state index is 13.8. The van der Waals surface area contributed by atoms with Crippen LogP contribution >= 0.6 is 11.6 Å². The molecule has 8 rings (SSSR count). The molecule has 1 saturated carbocycles. The first-order chi connectivity index (χ1) is 25.2. The molecule has 0 spiro atoms. The highest BCUT2D eigenvalue weighted by atomic mass is 35.5. The first-order valence-electron chi connectivity index (χ1n) is 17.8. The summed E-state index contributed by atoms with van der Waals surface area (Å²) in [6, 6.07) is 17.0. The summed E-state index contributed by atoms with van der Waals surface area (Å²) in [5, 5.41) is 21.7. The maximum absolute atomic E-state index is 13.8. The Morgan fingerprint density at radius 2 is 1.60 bits per heavy atom. The standard InChI is InChI=1S/C41H38ClN5O6/c1-40(2)38(41(3,4)39(40)53-27-10-8-24(18-43)31(42)17-27)46-21-25-15-22(7-11-28(25)35(46)50)5-6-23-19-45(20-23)26-9-12-29-30(16-26)37(52)47(36(29)51)32-13-14-33(48)44-34(32)49/h7-12,15-17,23,32-33,38-39,48H,13-14,19-21H2,1-4H3,(H,44,49). The van der Waals surface area contributed by atoms with Crippen LogP contribution in [0.3, 0.4) is 0 Å². The normalized spacial score (nSPS) is 25.4. The van der Waals surface area contributed by atoms with Gasteiger partial charge in [0.15, 0.2) is 0 Å². The zero-order chi connectivity index (χ0) is 37.6. The van der Waals surface area contributed by atoms with Crippen molar-refractivity contribution in [3.8, 4) is 23.7 Å². The number of rotatable bonds is 5. The molecule has 3 aromatic carbocycles. The predicted molar refractivity (Wildman–Crippen MR) is 195 cm³/mol. The third kappa shape index (κ3) is 5.53. The molecule has 3 fully saturated rings. The Kier molecular flexibility index (Phi) is 8.10. The molecule has 2 N–H and O–H groups in total. The van der Waals surface area contributed by atoms with Crippen LogP contribution in [0.1, 0.15) is 88.3 Å². The highest BCUT2D eigenvalue weighted by Gasteiger charge is 2.67. The van der Waals surface area contributed by atoms with Gasteiger partial charge in [-0.3, -0.25) is 24.1 Å². The minimum atomic E-state index is -0.975. The number of hydrogen-bond acceptors (Lipinski definition) is 8. The second kappa shape index (κ2) is 12.4. The number of aliphatic hydroxyl groups excluding tert-OH is 1. The molecule has 4 amide bonds. The van der Waals surface area contributed by atoms with E-state index in [0.29, 0.717) is 41.5 Å². The van der Waals surface area contributed by atoms with E-state index in [9.17, 15) is 29.5 Å². The van der Waals surface area contributed by atoms with Crippen LogP contribution in [-0.2, 0) is 11.3 Å². The number of carbonyl (C=O) groups is 4. The highest BCUT2D eigenvalue weighted by molar-refractivity contribution is 6.31. The molecule has 1 aliphatic carbocycles. The summed E-state index contributed by atoms with van der Waals surface area (Å²) in [5.41, 5.74) is 3.48. The number of nitrogens with zero attached hydrogens (tertiary/aromatic N) is 4. The average Bonchev–Trinajstić information content (AvgIpc) is 3.53. The second-order valence-corrected chi connectivity index (χ2v) is 16.2. The Hall–Kier alpha value is -5.36. The van der Waals surface area contributed by atoms with Gasteiger partial charge in [-0.25, -0.2) is 0 Å². The van der Waals surface area contributed by atoms with Gasteiger partial charge in [0, 0.05) is 59.4 Å². The number of amides is 4. The quantitative estimate of drug-likeness (QED) is 0.283. The Morgan fingerprint density at radius 1 is 0.887 bits per heavy atom. The molecular formula is C41H38ClN5O6. The molecule has 2 saturated heterocycles. The molecule has 12 heteroatoms. The number of piperidine rings is 1. The van der Waals surface area contributed by atoms with Crippen LogP contribution in [0.5, 0.6) is 5.75 Å². The number of hydrogen-bond donors (Lipinski definition) is 2. The van der Waals surface area contributed by atoms with Gasteiger partial charge in [-0.05, 0) is 66.9 Å². The van der Waals surface area contributed by atoms with Gasteiger partial charge in [-0.2, -0.15) is 5.26 Å². The van der Waals surface area contributed by atoms with Crippen molar-refractivity contribution in [3.05, 3.63) is 93.0 Å². The van der Waals surface area contributed by atoms with Crippen LogP contribution in [0.4, 0.5) is 5.69 Å². The number of imide groups is 1. The van der Waals surface area contributed by atoms with Gasteiger partial charge in [-0.15, -0.1) is 0 Å². The minimum absolute atomic E-state index is 0.00128. The van der Waals surface area contributed by atoms with E-state index in [1.165, 1.54) is 0 Å². The monoisotopic (exact) mass is 731 g/mol. The lowest BCUT2D eigenvalue weighted by atomic mass is 9.49. The molecule has 0 bridgehead atoms. The Labute approximate surface area is 312 Å². The molecule has 4 aliphatic heterocycles. The van der Waals surface area contributed by atoms with Crippen molar-refractivity contribution in [2.75, 3.05) is 18.0 Å². The number of fused-ring (bicyclic) bond motifs is 2. The predicted octanol–water partition coefficient (Wildman–Crippen LogP) is 4.73. The first kappa shape index (κ1) is 34.7. The SMILES string of the molecule is CC1(C)C(Oc2ccc(C#N)c(Cl)c2)C(C)(C)C1N1Cc2cc(C#CC3CN(c4ccc5c(c4)C(=O)N(C4CCC(O)NC4=O)C5=O)C3)ccc2C1=O. The molecule has 53 heavy (non-hydrogen) atoms. The van der Waals surface area contributed by atoms with Crippen molar-refractivity contribution >= 4 is 40.9 Å². The average molecular weight is 732 g/mol. The van der Waals surface area contributed by atoms with Crippen LogP contribution in [0.2, 0.25) is 5.02 Å². The fraction of sp³-hybridized carbons (Fsp3) is 0.390. The lowest BCUT2D eigenvalue weighted by Gasteiger charge is -2.65. The number of aliphatic hydroxyl groups is 1. The van der Waals surface area contributed by atoms with Gasteiger partial charge in [0.25, 0.3) is 17.7 Å². The third-order valence-electron chi connectivity index (χ3n) is 11.5. The second-order valence-electron chi connectivity index (χ2n) is 15.8. The van der Waals surface area contributed by atoms with Gasteiger partial charge in [0.2, 0.25) is 5.91 Å². The number of nitriles is 1. The first-order valence-corrected chi connectivity index (χ1v) is 18.1. The molecule has 2 atom stereocenters. The van der Waals surface area contributed by atoms with Crippen molar-refractivity contribution in [3.63, 3.8) is 0 Å².